The SMILES string of the molecule is C/C(=C\[C@@H](C)[C@H]1CC[C@@H]2[C@H]3CC[C@H]4[C@H](C)[C@@H](O)CC[C@]4(C)[C@H]3CC[C@@]21C)[C@H](C)C(C)C. The van der Waals surface area contributed by atoms with Crippen LogP contribution in [-0.4, -0.2) is 11.2 Å². The van der Waals surface area contributed by atoms with Gasteiger partial charge in [0.1, 0.15) is 0 Å². The Kier molecular flexibility index (Phi) is 6.53. The van der Waals surface area contributed by atoms with Crippen molar-refractivity contribution in [2.75, 3.05) is 0 Å². The van der Waals surface area contributed by atoms with Crippen molar-refractivity contribution in [2.45, 2.75) is 113 Å². The Morgan fingerprint density at radius 1 is 0.839 bits per heavy atom. The summed E-state index contributed by atoms with van der Waals surface area (Å²) < 4.78 is 0. The largest absolute Gasteiger partial charge is 0.393 e. The van der Waals surface area contributed by atoms with Crippen LogP contribution in [0, 0.1) is 64.1 Å². The van der Waals surface area contributed by atoms with Gasteiger partial charge in [0.15, 0.2) is 0 Å². The van der Waals surface area contributed by atoms with Crippen LogP contribution >= 0.6 is 0 Å². The molecule has 31 heavy (non-hydrogen) atoms. The summed E-state index contributed by atoms with van der Waals surface area (Å²) in [4.78, 5) is 0. The first-order chi connectivity index (χ1) is 14.5. The first-order valence-corrected chi connectivity index (χ1v) is 13.9. The van der Waals surface area contributed by atoms with Crippen molar-refractivity contribution < 1.29 is 5.11 Å². The molecular weight excluding hydrogens is 376 g/mol. The molecule has 4 saturated carbocycles. The Morgan fingerprint density at radius 2 is 1.45 bits per heavy atom. The van der Waals surface area contributed by atoms with Crippen LogP contribution in [0.4, 0.5) is 0 Å². The number of allylic oxidation sites excluding steroid dienone is 2. The van der Waals surface area contributed by atoms with Gasteiger partial charge in [0.05, 0.1) is 6.10 Å². The van der Waals surface area contributed by atoms with Crippen LogP contribution in [0.5, 0.6) is 0 Å². The zero-order valence-corrected chi connectivity index (χ0v) is 22.0. The lowest BCUT2D eigenvalue weighted by Crippen LogP contribution is -2.56. The van der Waals surface area contributed by atoms with Gasteiger partial charge in [0.25, 0.3) is 0 Å². The van der Waals surface area contributed by atoms with Gasteiger partial charge < -0.3 is 5.11 Å². The van der Waals surface area contributed by atoms with E-state index < -0.39 is 0 Å². The monoisotopic (exact) mass is 428 g/mol. The molecule has 0 aromatic carbocycles. The lowest BCUT2D eigenvalue weighted by molar-refractivity contribution is -0.148. The molecule has 4 rings (SSSR count). The molecule has 0 aliphatic heterocycles. The number of rotatable bonds is 4. The second-order valence-corrected chi connectivity index (χ2v) is 13.6. The third-order valence-electron chi connectivity index (χ3n) is 12.1. The van der Waals surface area contributed by atoms with Crippen molar-refractivity contribution in [3.8, 4) is 0 Å². The summed E-state index contributed by atoms with van der Waals surface area (Å²) in [5.41, 5.74) is 2.64. The predicted molar refractivity (Wildman–Crippen MR) is 133 cm³/mol. The van der Waals surface area contributed by atoms with E-state index in [0.29, 0.717) is 28.6 Å². The molecule has 0 aromatic rings. The third-order valence-corrected chi connectivity index (χ3v) is 12.1. The highest BCUT2D eigenvalue weighted by molar-refractivity contribution is 5.13. The van der Waals surface area contributed by atoms with E-state index in [4.69, 9.17) is 0 Å². The average Bonchev–Trinajstić information content (AvgIpc) is 3.07. The van der Waals surface area contributed by atoms with E-state index >= 15 is 0 Å². The van der Waals surface area contributed by atoms with E-state index in [9.17, 15) is 5.11 Å². The van der Waals surface area contributed by atoms with Gasteiger partial charge in [0.2, 0.25) is 0 Å². The van der Waals surface area contributed by atoms with Crippen molar-refractivity contribution in [3.05, 3.63) is 11.6 Å². The van der Waals surface area contributed by atoms with Crippen LogP contribution in [0.3, 0.4) is 0 Å². The molecule has 4 aliphatic rings. The maximum atomic E-state index is 10.6. The van der Waals surface area contributed by atoms with Gasteiger partial charge in [-0.2, -0.15) is 0 Å². The van der Waals surface area contributed by atoms with E-state index in [1.807, 2.05) is 0 Å². The molecular formula is C30H52O. The molecule has 0 spiro atoms. The number of hydrogen-bond donors (Lipinski definition) is 1. The predicted octanol–water partition coefficient (Wildman–Crippen LogP) is 8.13. The summed E-state index contributed by atoms with van der Waals surface area (Å²) in [7, 11) is 0. The summed E-state index contributed by atoms with van der Waals surface area (Å²) in [6.45, 7) is 19.7. The van der Waals surface area contributed by atoms with Gasteiger partial charge in [-0.05, 0) is 122 Å². The Labute approximate surface area is 193 Å². The summed E-state index contributed by atoms with van der Waals surface area (Å²) in [5.74, 6) is 7.05. The number of aliphatic hydroxyl groups is 1. The fourth-order valence-electron chi connectivity index (χ4n) is 9.82. The highest BCUT2D eigenvalue weighted by Crippen LogP contribution is 2.68. The highest BCUT2D eigenvalue weighted by Gasteiger charge is 2.61. The zero-order chi connectivity index (χ0) is 22.7. The molecule has 0 radical (unpaired) electrons. The lowest BCUT2D eigenvalue weighted by atomic mass is 9.43. The van der Waals surface area contributed by atoms with Crippen molar-refractivity contribution in [2.24, 2.45) is 64.1 Å². The first kappa shape index (κ1) is 23.8. The Hall–Kier alpha value is -0.300. The van der Waals surface area contributed by atoms with E-state index in [2.05, 4.69) is 61.5 Å². The maximum Gasteiger partial charge on any atom is 0.0568 e. The van der Waals surface area contributed by atoms with Gasteiger partial charge >= 0.3 is 0 Å². The van der Waals surface area contributed by atoms with Crippen molar-refractivity contribution >= 4 is 0 Å². The van der Waals surface area contributed by atoms with Gasteiger partial charge in [-0.25, -0.2) is 0 Å². The average molecular weight is 429 g/mol. The molecule has 0 saturated heterocycles. The molecule has 0 aromatic heterocycles. The molecule has 0 bridgehead atoms. The summed E-state index contributed by atoms with van der Waals surface area (Å²) in [6, 6.07) is 0. The van der Waals surface area contributed by atoms with Crippen LogP contribution in [-0.2, 0) is 0 Å². The van der Waals surface area contributed by atoms with Crippen LogP contribution in [0.2, 0.25) is 0 Å². The van der Waals surface area contributed by atoms with Crippen LogP contribution in [0.15, 0.2) is 11.6 Å². The summed E-state index contributed by atoms with van der Waals surface area (Å²) in [5, 5.41) is 10.6. The smallest absolute Gasteiger partial charge is 0.0568 e. The zero-order valence-electron chi connectivity index (χ0n) is 22.0. The van der Waals surface area contributed by atoms with Crippen molar-refractivity contribution in [1.29, 1.82) is 0 Å². The standard InChI is InChI=1S/C30H52O/c1-18(2)21(5)19(3)17-20(4)24-11-12-26-23-9-10-25-22(6)28(31)14-16-30(25,8)27(23)13-15-29(24,26)7/h17-18,20-28,31H,9-16H2,1-8H3/b19-17+/t20-,21-,22+,23-,24-,25+,26-,27+,28+,29-,30+/m1/s1. The first-order valence-electron chi connectivity index (χ1n) is 13.9. The van der Waals surface area contributed by atoms with E-state index in [1.165, 1.54) is 44.9 Å². The lowest BCUT2D eigenvalue weighted by Gasteiger charge is -2.62. The molecule has 11 atom stereocenters. The summed E-state index contributed by atoms with van der Waals surface area (Å²) in [6.07, 6.45) is 13.5. The molecule has 4 aliphatic carbocycles. The molecule has 4 fully saturated rings. The Bertz CT molecular complexity index is 678. The van der Waals surface area contributed by atoms with E-state index in [1.54, 1.807) is 5.57 Å². The molecule has 0 heterocycles. The van der Waals surface area contributed by atoms with Gasteiger partial charge in [0, 0.05) is 0 Å². The fourth-order valence-corrected chi connectivity index (χ4v) is 9.82. The number of hydrogen-bond acceptors (Lipinski definition) is 1. The van der Waals surface area contributed by atoms with Crippen LogP contribution < -0.4 is 0 Å². The molecule has 178 valence electrons. The van der Waals surface area contributed by atoms with Crippen molar-refractivity contribution in [1.82, 2.24) is 0 Å². The highest BCUT2D eigenvalue weighted by atomic mass is 16.3. The normalized spacial score (nSPS) is 49.9. The number of aliphatic hydroxyl groups excluding tert-OH is 1. The topological polar surface area (TPSA) is 20.2 Å². The van der Waals surface area contributed by atoms with Gasteiger partial charge in [-0.15, -0.1) is 0 Å². The van der Waals surface area contributed by atoms with E-state index in [-0.39, 0.29) is 6.10 Å². The second-order valence-electron chi connectivity index (χ2n) is 13.6. The molecule has 0 amide bonds. The Balaban J connectivity index is 1.53. The maximum absolute atomic E-state index is 10.6. The quantitative estimate of drug-likeness (QED) is 0.448. The minimum absolute atomic E-state index is 0.0524. The molecule has 1 N–H and O–H groups in total. The van der Waals surface area contributed by atoms with E-state index in [0.717, 1.165) is 41.9 Å². The van der Waals surface area contributed by atoms with Crippen LogP contribution in [0.25, 0.3) is 0 Å². The summed E-state index contributed by atoms with van der Waals surface area (Å²) >= 11 is 0. The van der Waals surface area contributed by atoms with Gasteiger partial charge in [-0.3, -0.25) is 0 Å². The van der Waals surface area contributed by atoms with Gasteiger partial charge in [-0.1, -0.05) is 60.1 Å². The molecule has 1 heteroatoms. The Morgan fingerprint density at radius 3 is 2.13 bits per heavy atom. The van der Waals surface area contributed by atoms with Crippen molar-refractivity contribution in [3.63, 3.8) is 0 Å². The van der Waals surface area contributed by atoms with Crippen LogP contribution in [0.1, 0.15) is 107 Å². The number of fused-ring (bicyclic) bond motifs is 5. The third kappa shape index (κ3) is 3.77. The second kappa shape index (κ2) is 8.48. The fraction of sp³-hybridized carbons (Fsp3) is 0.933. The minimum Gasteiger partial charge on any atom is -0.393 e. The molecule has 1 nitrogen and oxygen atoms in total. The minimum atomic E-state index is -0.0524. The molecule has 0 unspecified atom stereocenters.